The topological polar surface area (TPSA) is 32.5 Å². The number of anilines is 1. The first kappa shape index (κ1) is 15.3. The predicted molar refractivity (Wildman–Crippen MR) is 86.9 cm³/mol. The van der Waals surface area contributed by atoms with Crippen LogP contribution in [0.25, 0.3) is 0 Å². The number of hydrogen-bond acceptors (Lipinski definition) is 3. The van der Waals surface area contributed by atoms with E-state index in [1.54, 1.807) is 0 Å². The highest BCUT2D eigenvalue weighted by Gasteiger charge is 2.25. The van der Waals surface area contributed by atoms with Crippen molar-refractivity contribution in [1.29, 1.82) is 0 Å². The van der Waals surface area contributed by atoms with E-state index in [0.717, 1.165) is 18.2 Å². The number of likely N-dealkylation sites (N-methyl/N-ethyl adjacent to an activating group) is 1. The first-order valence-corrected chi connectivity index (χ1v) is 8.04. The Morgan fingerprint density at radius 2 is 2.00 bits per heavy atom. The van der Waals surface area contributed by atoms with Crippen LogP contribution in [0.3, 0.4) is 0 Å². The molecular weight excluding hydrogens is 246 g/mol. The smallest absolute Gasteiger partial charge is 0.0346 e. The first-order chi connectivity index (χ1) is 9.74. The molecular formula is C17H29N3. The zero-order valence-corrected chi connectivity index (χ0v) is 13.0. The van der Waals surface area contributed by atoms with Crippen LogP contribution < -0.4 is 5.73 Å². The van der Waals surface area contributed by atoms with Gasteiger partial charge < -0.3 is 10.6 Å². The highest BCUT2D eigenvalue weighted by molar-refractivity contribution is 5.46. The molecule has 1 unspecified atom stereocenters. The zero-order chi connectivity index (χ0) is 14.4. The lowest BCUT2D eigenvalue weighted by Gasteiger charge is -2.26. The van der Waals surface area contributed by atoms with E-state index in [4.69, 9.17) is 5.73 Å². The van der Waals surface area contributed by atoms with Gasteiger partial charge in [0, 0.05) is 18.3 Å². The Bertz CT molecular complexity index is 401. The number of aryl methyl sites for hydroxylation is 1. The van der Waals surface area contributed by atoms with Gasteiger partial charge in [-0.25, -0.2) is 0 Å². The molecule has 2 N–H and O–H groups in total. The minimum Gasteiger partial charge on any atom is -0.399 e. The molecule has 1 aliphatic rings. The van der Waals surface area contributed by atoms with E-state index in [2.05, 4.69) is 35.8 Å². The van der Waals surface area contributed by atoms with Gasteiger partial charge in [-0.05, 0) is 57.1 Å². The number of likely N-dealkylation sites (tertiary alicyclic amines) is 1. The molecule has 1 aromatic rings. The number of rotatable bonds is 7. The van der Waals surface area contributed by atoms with Crippen LogP contribution in [-0.4, -0.2) is 48.6 Å². The summed E-state index contributed by atoms with van der Waals surface area (Å²) in [6.45, 7) is 10.6. The van der Waals surface area contributed by atoms with Crippen LogP contribution in [0.15, 0.2) is 24.3 Å². The second-order valence-electron chi connectivity index (χ2n) is 5.77. The Morgan fingerprint density at radius 3 is 2.70 bits per heavy atom. The molecule has 3 heteroatoms. The third-order valence-electron chi connectivity index (χ3n) is 4.55. The fourth-order valence-corrected chi connectivity index (χ4v) is 3.31. The van der Waals surface area contributed by atoms with Crippen molar-refractivity contribution < 1.29 is 0 Å². The molecule has 20 heavy (non-hydrogen) atoms. The molecule has 1 heterocycles. The van der Waals surface area contributed by atoms with E-state index in [-0.39, 0.29) is 0 Å². The summed E-state index contributed by atoms with van der Waals surface area (Å²) in [6.07, 6.45) is 3.63. The summed E-state index contributed by atoms with van der Waals surface area (Å²) in [6, 6.07) is 9.01. The van der Waals surface area contributed by atoms with Crippen molar-refractivity contribution in [3.05, 3.63) is 29.8 Å². The first-order valence-electron chi connectivity index (χ1n) is 8.04. The average Bonchev–Trinajstić information content (AvgIpc) is 2.91. The van der Waals surface area contributed by atoms with Gasteiger partial charge in [-0.2, -0.15) is 0 Å². The molecule has 3 nitrogen and oxygen atoms in total. The molecule has 1 aromatic carbocycles. The predicted octanol–water partition coefficient (Wildman–Crippen LogP) is 2.62. The minimum atomic E-state index is 0.770. The van der Waals surface area contributed by atoms with E-state index in [9.17, 15) is 0 Å². The molecule has 1 fully saturated rings. The number of benzene rings is 1. The summed E-state index contributed by atoms with van der Waals surface area (Å²) in [5.41, 5.74) is 8.23. The lowest BCUT2D eigenvalue weighted by atomic mass is 10.1. The standard InChI is InChI=1S/C17H29N3/c1-3-20(4-2)16-11-13-19(14-16)12-7-9-15-8-5-6-10-17(15)18/h5-6,8,10,16H,3-4,7,9,11-14,18H2,1-2H3. The van der Waals surface area contributed by atoms with Crippen molar-refractivity contribution in [2.75, 3.05) is 38.5 Å². The number of nitrogen functional groups attached to an aromatic ring is 1. The lowest BCUT2D eigenvalue weighted by Crippen LogP contribution is -2.37. The molecule has 0 amide bonds. The number of nitrogens with zero attached hydrogens (tertiary/aromatic N) is 2. The van der Waals surface area contributed by atoms with E-state index in [0.29, 0.717) is 0 Å². The molecule has 1 saturated heterocycles. The lowest BCUT2D eigenvalue weighted by molar-refractivity contribution is 0.210. The summed E-state index contributed by atoms with van der Waals surface area (Å²) in [5.74, 6) is 0. The third-order valence-corrected chi connectivity index (χ3v) is 4.55. The Labute approximate surface area is 123 Å². The van der Waals surface area contributed by atoms with Crippen molar-refractivity contribution >= 4 is 5.69 Å². The normalized spacial score (nSPS) is 19.9. The Kier molecular flexibility index (Phi) is 5.86. The maximum absolute atomic E-state index is 5.99. The molecule has 0 bridgehead atoms. The van der Waals surface area contributed by atoms with Crippen LogP contribution in [0.4, 0.5) is 5.69 Å². The van der Waals surface area contributed by atoms with Crippen molar-refractivity contribution in [1.82, 2.24) is 9.80 Å². The van der Waals surface area contributed by atoms with Gasteiger partial charge in [0.2, 0.25) is 0 Å². The Hall–Kier alpha value is -1.06. The molecule has 1 aliphatic heterocycles. The van der Waals surface area contributed by atoms with Crippen LogP contribution in [0.5, 0.6) is 0 Å². The third kappa shape index (κ3) is 3.97. The van der Waals surface area contributed by atoms with E-state index >= 15 is 0 Å². The second kappa shape index (κ2) is 7.65. The number of nitrogens with two attached hydrogens (primary N) is 1. The fraction of sp³-hybridized carbons (Fsp3) is 0.647. The maximum Gasteiger partial charge on any atom is 0.0346 e. The monoisotopic (exact) mass is 275 g/mol. The van der Waals surface area contributed by atoms with Gasteiger partial charge in [0.25, 0.3) is 0 Å². The van der Waals surface area contributed by atoms with Gasteiger partial charge in [0.1, 0.15) is 0 Å². The van der Waals surface area contributed by atoms with Crippen LogP contribution in [0, 0.1) is 0 Å². The quantitative estimate of drug-likeness (QED) is 0.776. The Morgan fingerprint density at radius 1 is 1.25 bits per heavy atom. The minimum absolute atomic E-state index is 0.770. The summed E-state index contributed by atoms with van der Waals surface area (Å²) in [5, 5.41) is 0. The van der Waals surface area contributed by atoms with Gasteiger partial charge in [-0.15, -0.1) is 0 Å². The molecule has 1 atom stereocenters. The van der Waals surface area contributed by atoms with Crippen LogP contribution in [0.1, 0.15) is 32.3 Å². The van der Waals surface area contributed by atoms with Crippen molar-refractivity contribution in [2.24, 2.45) is 0 Å². The van der Waals surface area contributed by atoms with Gasteiger partial charge in [0.05, 0.1) is 0 Å². The van der Waals surface area contributed by atoms with Gasteiger partial charge in [0.15, 0.2) is 0 Å². The Balaban J connectivity index is 1.72. The zero-order valence-electron chi connectivity index (χ0n) is 13.0. The molecule has 0 spiro atoms. The fourth-order valence-electron chi connectivity index (χ4n) is 3.31. The largest absolute Gasteiger partial charge is 0.399 e. The van der Waals surface area contributed by atoms with Crippen molar-refractivity contribution in [2.45, 2.75) is 39.2 Å². The van der Waals surface area contributed by atoms with E-state index in [1.165, 1.54) is 51.1 Å². The average molecular weight is 275 g/mol. The second-order valence-corrected chi connectivity index (χ2v) is 5.77. The molecule has 0 aromatic heterocycles. The van der Waals surface area contributed by atoms with Crippen LogP contribution >= 0.6 is 0 Å². The molecule has 112 valence electrons. The van der Waals surface area contributed by atoms with Gasteiger partial charge >= 0.3 is 0 Å². The molecule has 0 saturated carbocycles. The number of hydrogen-bond donors (Lipinski definition) is 1. The number of para-hydroxylation sites is 1. The molecule has 0 aliphatic carbocycles. The van der Waals surface area contributed by atoms with Gasteiger partial charge in [-0.3, -0.25) is 4.90 Å². The molecule has 0 radical (unpaired) electrons. The van der Waals surface area contributed by atoms with Gasteiger partial charge in [-0.1, -0.05) is 32.0 Å². The highest BCUT2D eigenvalue weighted by atomic mass is 15.2. The van der Waals surface area contributed by atoms with Crippen LogP contribution in [-0.2, 0) is 6.42 Å². The summed E-state index contributed by atoms with van der Waals surface area (Å²) in [4.78, 5) is 5.21. The molecule has 2 rings (SSSR count). The van der Waals surface area contributed by atoms with Crippen molar-refractivity contribution in [3.8, 4) is 0 Å². The highest BCUT2D eigenvalue weighted by Crippen LogP contribution is 2.17. The summed E-state index contributed by atoms with van der Waals surface area (Å²) >= 11 is 0. The van der Waals surface area contributed by atoms with E-state index < -0.39 is 0 Å². The van der Waals surface area contributed by atoms with Crippen LogP contribution in [0.2, 0.25) is 0 Å². The maximum atomic E-state index is 5.99. The van der Waals surface area contributed by atoms with E-state index in [1.807, 2.05) is 12.1 Å². The van der Waals surface area contributed by atoms with Crippen molar-refractivity contribution in [3.63, 3.8) is 0 Å². The SMILES string of the molecule is CCN(CC)C1CCN(CCCc2ccccc2N)C1. The summed E-state index contributed by atoms with van der Waals surface area (Å²) < 4.78 is 0. The summed E-state index contributed by atoms with van der Waals surface area (Å²) in [7, 11) is 0.